The fourth-order valence-corrected chi connectivity index (χ4v) is 1.92. The number of thioether (sulfide) groups is 1. The van der Waals surface area contributed by atoms with Gasteiger partial charge in [0.25, 0.3) is 0 Å². The van der Waals surface area contributed by atoms with Crippen molar-refractivity contribution in [1.82, 2.24) is 0 Å². The molecule has 0 fully saturated rings. The van der Waals surface area contributed by atoms with Crippen LogP contribution in [0.3, 0.4) is 0 Å². The molecule has 1 rings (SSSR count). The number of unbranched alkanes of at least 4 members (excludes halogenated alkanes) is 1. The van der Waals surface area contributed by atoms with Gasteiger partial charge in [-0.05, 0) is 36.8 Å². The van der Waals surface area contributed by atoms with E-state index in [0.717, 1.165) is 24.8 Å². The van der Waals surface area contributed by atoms with Gasteiger partial charge < -0.3 is 5.73 Å². The van der Waals surface area contributed by atoms with Gasteiger partial charge in [-0.2, -0.15) is 0 Å². The maximum atomic E-state index is 13.4. The van der Waals surface area contributed by atoms with E-state index in [-0.39, 0.29) is 11.5 Å². The topological polar surface area (TPSA) is 26.0 Å². The molecule has 0 unspecified atom stereocenters. The second kappa shape index (κ2) is 5.25. The number of hydrogen-bond donors (Lipinski definition) is 1. The highest BCUT2D eigenvalue weighted by Gasteiger charge is 2.07. The summed E-state index contributed by atoms with van der Waals surface area (Å²) in [7, 11) is 0. The van der Waals surface area contributed by atoms with Gasteiger partial charge in [0, 0.05) is 4.90 Å². The zero-order valence-electron chi connectivity index (χ0n) is 8.64. The smallest absolute Gasteiger partial charge is 0.159 e. The normalized spacial score (nSPS) is 10.5. The molecule has 0 bridgehead atoms. The maximum absolute atomic E-state index is 13.4. The monoisotopic (exact) mass is 213 g/mol. The zero-order chi connectivity index (χ0) is 10.6. The largest absolute Gasteiger partial charge is 0.396 e. The Labute approximate surface area is 88.9 Å². The van der Waals surface area contributed by atoms with Gasteiger partial charge in [-0.1, -0.05) is 13.3 Å². The lowest BCUT2D eigenvalue weighted by molar-refractivity contribution is 0.605. The molecule has 1 aromatic rings. The van der Waals surface area contributed by atoms with E-state index in [1.54, 1.807) is 6.07 Å². The van der Waals surface area contributed by atoms with Crippen LogP contribution in [-0.2, 0) is 6.42 Å². The Balaban J connectivity index is 2.91. The third-order valence-electron chi connectivity index (χ3n) is 2.17. The fraction of sp³-hybridized carbons (Fsp3) is 0.455. The molecule has 0 spiro atoms. The van der Waals surface area contributed by atoms with Crippen LogP contribution < -0.4 is 5.73 Å². The van der Waals surface area contributed by atoms with Crippen molar-refractivity contribution in [3.63, 3.8) is 0 Å². The van der Waals surface area contributed by atoms with Gasteiger partial charge in [0.1, 0.15) is 0 Å². The van der Waals surface area contributed by atoms with E-state index in [4.69, 9.17) is 5.73 Å². The molecular formula is C11H16FNS. The first-order valence-corrected chi connectivity index (χ1v) is 6.03. The molecular weight excluding hydrogens is 197 g/mol. The predicted octanol–water partition coefficient (Wildman–Crippen LogP) is 3.47. The lowest BCUT2D eigenvalue weighted by Gasteiger charge is -2.07. The second-order valence-corrected chi connectivity index (χ2v) is 4.15. The lowest BCUT2D eigenvalue weighted by Crippen LogP contribution is -1.96. The highest BCUT2D eigenvalue weighted by atomic mass is 32.2. The van der Waals surface area contributed by atoms with Crippen LogP contribution in [-0.4, -0.2) is 6.26 Å². The van der Waals surface area contributed by atoms with Crippen molar-refractivity contribution in [2.45, 2.75) is 31.1 Å². The number of nitrogen functional groups attached to an aromatic ring is 1. The molecule has 0 aliphatic rings. The number of nitrogens with two attached hydrogens (primary N) is 1. The molecule has 0 radical (unpaired) electrons. The molecule has 0 saturated carbocycles. The molecule has 0 amide bonds. The highest BCUT2D eigenvalue weighted by molar-refractivity contribution is 7.98. The molecule has 0 heterocycles. The van der Waals surface area contributed by atoms with Gasteiger partial charge in [-0.25, -0.2) is 4.39 Å². The quantitative estimate of drug-likeness (QED) is 0.612. The van der Waals surface area contributed by atoms with Crippen LogP contribution in [0.25, 0.3) is 0 Å². The molecule has 0 saturated heterocycles. The lowest BCUT2D eigenvalue weighted by atomic mass is 10.1. The van der Waals surface area contributed by atoms with Gasteiger partial charge in [0.15, 0.2) is 5.82 Å². The molecule has 0 atom stereocenters. The number of hydrogen-bond acceptors (Lipinski definition) is 2. The van der Waals surface area contributed by atoms with E-state index < -0.39 is 0 Å². The van der Waals surface area contributed by atoms with Crippen LogP contribution in [0, 0.1) is 5.82 Å². The Bertz CT molecular complexity index is 312. The van der Waals surface area contributed by atoms with Gasteiger partial charge in [0.2, 0.25) is 0 Å². The summed E-state index contributed by atoms with van der Waals surface area (Å²) in [6.45, 7) is 2.14. The molecule has 0 aliphatic heterocycles. The fourth-order valence-electron chi connectivity index (χ4n) is 1.35. The van der Waals surface area contributed by atoms with Crippen molar-refractivity contribution in [2.24, 2.45) is 0 Å². The molecule has 1 nitrogen and oxygen atoms in total. The summed E-state index contributed by atoms with van der Waals surface area (Å²) in [5, 5.41) is 0. The minimum atomic E-state index is -0.280. The van der Waals surface area contributed by atoms with E-state index in [9.17, 15) is 4.39 Å². The standard InChI is InChI=1S/C11H16FNS/c1-3-4-5-8-6-9(13)11(12)10(7-8)14-2/h6-7H,3-5,13H2,1-2H3. The van der Waals surface area contributed by atoms with Crippen molar-refractivity contribution in [1.29, 1.82) is 0 Å². The number of anilines is 1. The first kappa shape index (κ1) is 11.4. The minimum absolute atomic E-state index is 0.267. The van der Waals surface area contributed by atoms with Crippen LogP contribution in [0.15, 0.2) is 17.0 Å². The van der Waals surface area contributed by atoms with Crippen molar-refractivity contribution in [2.75, 3.05) is 12.0 Å². The summed E-state index contributed by atoms with van der Waals surface area (Å²) in [5.41, 5.74) is 6.98. The number of benzene rings is 1. The Hall–Kier alpha value is -0.700. The molecule has 3 heteroatoms. The van der Waals surface area contributed by atoms with Gasteiger partial charge in [0.05, 0.1) is 5.69 Å². The SMILES string of the molecule is CCCCc1cc(N)c(F)c(SC)c1. The van der Waals surface area contributed by atoms with Crippen LogP contribution in [0.1, 0.15) is 25.3 Å². The molecule has 1 aromatic carbocycles. The Morgan fingerprint density at radius 3 is 2.71 bits per heavy atom. The molecule has 78 valence electrons. The third-order valence-corrected chi connectivity index (χ3v) is 2.90. The second-order valence-electron chi connectivity index (χ2n) is 3.30. The highest BCUT2D eigenvalue weighted by Crippen LogP contribution is 2.26. The van der Waals surface area contributed by atoms with E-state index in [1.165, 1.54) is 11.8 Å². The zero-order valence-corrected chi connectivity index (χ0v) is 9.46. The Morgan fingerprint density at radius 1 is 1.43 bits per heavy atom. The average Bonchev–Trinajstić information content (AvgIpc) is 2.19. The summed E-state index contributed by atoms with van der Waals surface area (Å²) in [6, 6.07) is 3.64. The first-order chi connectivity index (χ1) is 6.69. The maximum Gasteiger partial charge on any atom is 0.159 e. The van der Waals surface area contributed by atoms with Crippen molar-refractivity contribution in [3.8, 4) is 0 Å². The van der Waals surface area contributed by atoms with Gasteiger partial charge in [-0.15, -0.1) is 11.8 Å². The van der Waals surface area contributed by atoms with Gasteiger partial charge >= 0.3 is 0 Å². The summed E-state index contributed by atoms with van der Waals surface area (Å²) < 4.78 is 13.4. The van der Waals surface area contributed by atoms with Crippen LogP contribution >= 0.6 is 11.8 Å². The van der Waals surface area contributed by atoms with Crippen LogP contribution in [0.5, 0.6) is 0 Å². The van der Waals surface area contributed by atoms with Crippen molar-refractivity contribution >= 4 is 17.4 Å². The molecule has 0 aromatic heterocycles. The van der Waals surface area contributed by atoms with E-state index in [2.05, 4.69) is 6.92 Å². The van der Waals surface area contributed by atoms with Crippen molar-refractivity contribution in [3.05, 3.63) is 23.5 Å². The number of aryl methyl sites for hydroxylation is 1. The molecule has 14 heavy (non-hydrogen) atoms. The van der Waals surface area contributed by atoms with Crippen molar-refractivity contribution < 1.29 is 4.39 Å². The van der Waals surface area contributed by atoms with E-state index in [1.807, 2.05) is 12.3 Å². The van der Waals surface area contributed by atoms with Crippen LogP contribution in [0.2, 0.25) is 0 Å². The Morgan fingerprint density at radius 2 is 2.14 bits per heavy atom. The Kier molecular flexibility index (Phi) is 4.26. The summed E-state index contributed by atoms with van der Waals surface area (Å²) >= 11 is 1.40. The van der Waals surface area contributed by atoms with E-state index >= 15 is 0 Å². The van der Waals surface area contributed by atoms with E-state index in [0.29, 0.717) is 4.90 Å². The van der Waals surface area contributed by atoms with Crippen LogP contribution in [0.4, 0.5) is 10.1 Å². The number of halogens is 1. The molecule has 0 aliphatic carbocycles. The predicted molar refractivity (Wildman–Crippen MR) is 61.2 cm³/mol. The third kappa shape index (κ3) is 2.64. The summed E-state index contributed by atoms with van der Waals surface area (Å²) in [5.74, 6) is -0.280. The number of rotatable bonds is 4. The average molecular weight is 213 g/mol. The minimum Gasteiger partial charge on any atom is -0.396 e. The molecule has 2 N–H and O–H groups in total. The summed E-state index contributed by atoms with van der Waals surface area (Å²) in [4.78, 5) is 0.649. The first-order valence-electron chi connectivity index (χ1n) is 4.81. The summed E-state index contributed by atoms with van der Waals surface area (Å²) in [6.07, 6.45) is 5.11. The van der Waals surface area contributed by atoms with Gasteiger partial charge in [-0.3, -0.25) is 0 Å².